The van der Waals surface area contributed by atoms with Gasteiger partial charge in [-0.15, -0.1) is 0 Å². The Hall–Kier alpha value is -0.610. The van der Waals surface area contributed by atoms with Crippen LogP contribution in [0, 0.1) is 5.92 Å². The molecule has 2 atom stereocenters. The molecule has 1 aliphatic carbocycles. The first kappa shape index (κ1) is 14.3. The summed E-state index contributed by atoms with van der Waals surface area (Å²) < 4.78 is 0. The van der Waals surface area contributed by atoms with Crippen molar-refractivity contribution < 1.29 is 4.79 Å². The molecule has 0 spiro atoms. The zero-order valence-corrected chi connectivity index (χ0v) is 12.6. The molecule has 114 valence electrons. The largest absolute Gasteiger partial charge is 0.342 e. The fourth-order valence-electron chi connectivity index (χ4n) is 4.21. The van der Waals surface area contributed by atoms with Crippen molar-refractivity contribution in [2.24, 2.45) is 11.7 Å². The van der Waals surface area contributed by atoms with E-state index in [1.165, 1.54) is 44.9 Å². The van der Waals surface area contributed by atoms with Crippen LogP contribution in [0.15, 0.2) is 0 Å². The van der Waals surface area contributed by atoms with Gasteiger partial charge in [0.15, 0.2) is 0 Å². The summed E-state index contributed by atoms with van der Waals surface area (Å²) in [6, 6.07) is 0.785. The molecule has 0 aromatic carbocycles. The molecule has 2 heterocycles. The van der Waals surface area contributed by atoms with Crippen LogP contribution in [-0.2, 0) is 4.79 Å². The highest BCUT2D eigenvalue weighted by molar-refractivity contribution is 5.80. The Balaban J connectivity index is 1.61. The fraction of sp³-hybridized carbons (Fsp3) is 0.938. The quantitative estimate of drug-likeness (QED) is 0.835. The lowest BCUT2D eigenvalue weighted by Gasteiger charge is -2.42. The molecule has 1 saturated carbocycles. The SMILES string of the molecule is N[C@@H]1CCN(C2CCCCC2)C[C@H]1C(=O)N1CCCC1. The van der Waals surface area contributed by atoms with Crippen molar-refractivity contribution in [3.8, 4) is 0 Å². The first-order valence-electron chi connectivity index (χ1n) is 8.54. The maximum absolute atomic E-state index is 12.7. The summed E-state index contributed by atoms with van der Waals surface area (Å²) in [5.41, 5.74) is 6.27. The zero-order chi connectivity index (χ0) is 13.9. The van der Waals surface area contributed by atoms with E-state index in [-0.39, 0.29) is 12.0 Å². The molecule has 0 radical (unpaired) electrons. The fourth-order valence-corrected chi connectivity index (χ4v) is 4.21. The van der Waals surface area contributed by atoms with E-state index in [2.05, 4.69) is 9.80 Å². The molecular weight excluding hydrogens is 250 g/mol. The lowest BCUT2D eigenvalue weighted by atomic mass is 9.87. The van der Waals surface area contributed by atoms with Gasteiger partial charge in [-0.05, 0) is 38.6 Å². The lowest BCUT2D eigenvalue weighted by Crippen LogP contribution is -2.55. The third-order valence-corrected chi connectivity index (χ3v) is 5.52. The average Bonchev–Trinajstić information content (AvgIpc) is 3.02. The monoisotopic (exact) mass is 279 g/mol. The van der Waals surface area contributed by atoms with Crippen molar-refractivity contribution in [3.05, 3.63) is 0 Å². The standard InChI is InChI=1S/C16H29N3O/c17-15-8-11-19(13-6-2-1-3-7-13)12-14(15)16(20)18-9-4-5-10-18/h13-15H,1-12,17H2/t14-,15-/m1/s1. The number of rotatable bonds is 2. The van der Waals surface area contributed by atoms with Crippen LogP contribution in [0.5, 0.6) is 0 Å². The Labute approximate surface area is 122 Å². The first-order chi connectivity index (χ1) is 9.75. The Kier molecular flexibility index (Phi) is 4.61. The van der Waals surface area contributed by atoms with Gasteiger partial charge in [-0.3, -0.25) is 9.69 Å². The number of carbonyl (C=O) groups is 1. The molecule has 0 aromatic rings. The highest BCUT2D eigenvalue weighted by Gasteiger charge is 2.37. The lowest BCUT2D eigenvalue weighted by molar-refractivity contribution is -0.137. The van der Waals surface area contributed by atoms with E-state index >= 15 is 0 Å². The Bertz CT molecular complexity index is 335. The molecule has 0 unspecified atom stereocenters. The molecule has 3 aliphatic rings. The predicted octanol–water partition coefficient (Wildman–Crippen LogP) is 1.59. The van der Waals surface area contributed by atoms with Gasteiger partial charge in [0.05, 0.1) is 5.92 Å². The summed E-state index contributed by atoms with van der Waals surface area (Å²) >= 11 is 0. The summed E-state index contributed by atoms with van der Waals surface area (Å²) in [7, 11) is 0. The molecule has 0 aromatic heterocycles. The van der Waals surface area contributed by atoms with E-state index in [1.54, 1.807) is 0 Å². The van der Waals surface area contributed by atoms with Gasteiger partial charge in [0.1, 0.15) is 0 Å². The maximum Gasteiger partial charge on any atom is 0.228 e. The van der Waals surface area contributed by atoms with Gasteiger partial charge in [-0.25, -0.2) is 0 Å². The summed E-state index contributed by atoms with van der Waals surface area (Å²) in [5.74, 6) is 0.374. The molecule has 1 amide bonds. The maximum atomic E-state index is 12.7. The second-order valence-electron chi connectivity index (χ2n) is 6.88. The van der Waals surface area contributed by atoms with Crippen LogP contribution in [0.25, 0.3) is 0 Å². The van der Waals surface area contributed by atoms with Crippen LogP contribution in [0.4, 0.5) is 0 Å². The van der Waals surface area contributed by atoms with Gasteiger partial charge in [0.25, 0.3) is 0 Å². The van der Waals surface area contributed by atoms with Crippen LogP contribution in [0.3, 0.4) is 0 Å². The van der Waals surface area contributed by atoms with Gasteiger partial charge in [-0.1, -0.05) is 19.3 Å². The van der Waals surface area contributed by atoms with Crippen molar-refractivity contribution in [2.75, 3.05) is 26.2 Å². The highest BCUT2D eigenvalue weighted by Crippen LogP contribution is 2.28. The number of likely N-dealkylation sites (tertiary alicyclic amines) is 2. The zero-order valence-electron chi connectivity index (χ0n) is 12.6. The van der Waals surface area contributed by atoms with Crippen LogP contribution in [0.2, 0.25) is 0 Å². The van der Waals surface area contributed by atoms with Crippen molar-refractivity contribution in [1.82, 2.24) is 9.80 Å². The van der Waals surface area contributed by atoms with E-state index in [4.69, 9.17) is 5.73 Å². The van der Waals surface area contributed by atoms with E-state index in [0.29, 0.717) is 11.9 Å². The van der Waals surface area contributed by atoms with Gasteiger partial charge >= 0.3 is 0 Å². The number of hydrogen-bond acceptors (Lipinski definition) is 3. The van der Waals surface area contributed by atoms with E-state index in [9.17, 15) is 4.79 Å². The molecule has 2 saturated heterocycles. The molecule has 3 rings (SSSR count). The molecule has 2 N–H and O–H groups in total. The van der Waals surface area contributed by atoms with Crippen molar-refractivity contribution >= 4 is 5.91 Å². The molecular formula is C16H29N3O. The average molecular weight is 279 g/mol. The van der Waals surface area contributed by atoms with E-state index in [0.717, 1.165) is 32.6 Å². The number of amides is 1. The molecule has 4 nitrogen and oxygen atoms in total. The molecule has 20 heavy (non-hydrogen) atoms. The van der Waals surface area contributed by atoms with Crippen LogP contribution in [0.1, 0.15) is 51.4 Å². The van der Waals surface area contributed by atoms with Crippen molar-refractivity contribution in [2.45, 2.75) is 63.5 Å². The summed E-state index contributed by atoms with van der Waals surface area (Å²) in [4.78, 5) is 17.3. The predicted molar refractivity (Wildman–Crippen MR) is 80.3 cm³/mol. The molecule has 4 heteroatoms. The molecule has 2 aliphatic heterocycles. The second-order valence-corrected chi connectivity index (χ2v) is 6.88. The van der Waals surface area contributed by atoms with Crippen LogP contribution in [-0.4, -0.2) is 54.0 Å². The number of nitrogens with zero attached hydrogens (tertiary/aromatic N) is 2. The first-order valence-corrected chi connectivity index (χ1v) is 8.54. The number of carbonyl (C=O) groups excluding carboxylic acids is 1. The van der Waals surface area contributed by atoms with Crippen molar-refractivity contribution in [3.63, 3.8) is 0 Å². The van der Waals surface area contributed by atoms with Gasteiger partial charge in [0.2, 0.25) is 5.91 Å². The summed E-state index contributed by atoms with van der Waals surface area (Å²) in [6.45, 7) is 3.90. The highest BCUT2D eigenvalue weighted by atomic mass is 16.2. The molecule has 0 bridgehead atoms. The minimum absolute atomic E-state index is 0.0452. The number of hydrogen-bond donors (Lipinski definition) is 1. The minimum atomic E-state index is 0.0452. The van der Waals surface area contributed by atoms with Crippen molar-refractivity contribution in [1.29, 1.82) is 0 Å². The van der Waals surface area contributed by atoms with Gasteiger partial charge in [0, 0.05) is 31.7 Å². The van der Waals surface area contributed by atoms with Crippen LogP contribution >= 0.6 is 0 Å². The Morgan fingerprint density at radius 3 is 2.30 bits per heavy atom. The number of nitrogens with two attached hydrogens (primary N) is 1. The molecule has 3 fully saturated rings. The minimum Gasteiger partial charge on any atom is -0.342 e. The number of piperidine rings is 1. The van der Waals surface area contributed by atoms with Gasteiger partial charge < -0.3 is 10.6 Å². The van der Waals surface area contributed by atoms with Gasteiger partial charge in [-0.2, -0.15) is 0 Å². The normalized spacial score (nSPS) is 33.5. The summed E-state index contributed by atoms with van der Waals surface area (Å²) in [6.07, 6.45) is 10.1. The topological polar surface area (TPSA) is 49.6 Å². The Morgan fingerprint density at radius 2 is 1.60 bits per heavy atom. The third-order valence-electron chi connectivity index (χ3n) is 5.52. The van der Waals surface area contributed by atoms with E-state index < -0.39 is 0 Å². The smallest absolute Gasteiger partial charge is 0.228 e. The summed E-state index contributed by atoms with van der Waals surface area (Å²) in [5, 5.41) is 0. The second kappa shape index (κ2) is 6.44. The van der Waals surface area contributed by atoms with Crippen LogP contribution < -0.4 is 5.73 Å². The Morgan fingerprint density at radius 1 is 0.900 bits per heavy atom. The third kappa shape index (κ3) is 3.01. The van der Waals surface area contributed by atoms with E-state index in [1.807, 2.05) is 0 Å².